The molecule has 3 heterocycles. The van der Waals surface area contributed by atoms with Crippen molar-refractivity contribution in [3.8, 4) is 0 Å². The standard InChI is InChI=1S/C16H25N5/c1-3-20-6-4-14(5-7-20)9-17-10-15-11-18-16-8-13(2)19-21(16)12-15/h8,11-12,14,17H,3-7,9-10H2,1-2H3. The minimum atomic E-state index is 0.816. The van der Waals surface area contributed by atoms with Crippen LogP contribution in [0.4, 0.5) is 0 Å². The van der Waals surface area contributed by atoms with Crippen LogP contribution < -0.4 is 5.32 Å². The predicted molar refractivity (Wildman–Crippen MR) is 84.3 cm³/mol. The van der Waals surface area contributed by atoms with Gasteiger partial charge in [-0.05, 0) is 51.9 Å². The van der Waals surface area contributed by atoms with Crippen LogP contribution in [0.25, 0.3) is 5.65 Å². The number of nitrogens with zero attached hydrogens (tertiary/aromatic N) is 4. The highest BCUT2D eigenvalue weighted by Gasteiger charge is 2.17. The van der Waals surface area contributed by atoms with Gasteiger partial charge in [-0.25, -0.2) is 9.50 Å². The van der Waals surface area contributed by atoms with Crippen LogP contribution in [-0.2, 0) is 6.54 Å². The first kappa shape index (κ1) is 14.5. The van der Waals surface area contributed by atoms with Gasteiger partial charge >= 0.3 is 0 Å². The number of fused-ring (bicyclic) bond motifs is 1. The number of piperidine rings is 1. The summed E-state index contributed by atoms with van der Waals surface area (Å²) in [4.78, 5) is 6.98. The largest absolute Gasteiger partial charge is 0.312 e. The van der Waals surface area contributed by atoms with Crippen molar-refractivity contribution in [2.24, 2.45) is 5.92 Å². The summed E-state index contributed by atoms with van der Waals surface area (Å²) in [5.41, 5.74) is 3.12. The topological polar surface area (TPSA) is 45.5 Å². The Labute approximate surface area is 126 Å². The Bertz CT molecular complexity index is 583. The first-order chi connectivity index (χ1) is 10.2. The van der Waals surface area contributed by atoms with Crippen LogP contribution in [0.1, 0.15) is 31.0 Å². The molecule has 1 aliphatic rings. The molecule has 0 saturated carbocycles. The molecule has 5 nitrogen and oxygen atoms in total. The van der Waals surface area contributed by atoms with Gasteiger partial charge in [-0.15, -0.1) is 0 Å². The van der Waals surface area contributed by atoms with Crippen LogP contribution in [-0.4, -0.2) is 45.7 Å². The van der Waals surface area contributed by atoms with Gasteiger partial charge in [0.2, 0.25) is 0 Å². The Hall–Kier alpha value is -1.46. The number of rotatable bonds is 5. The zero-order valence-corrected chi connectivity index (χ0v) is 13.0. The van der Waals surface area contributed by atoms with E-state index in [-0.39, 0.29) is 0 Å². The fourth-order valence-corrected chi connectivity index (χ4v) is 3.05. The molecule has 0 atom stereocenters. The monoisotopic (exact) mass is 287 g/mol. The van der Waals surface area contributed by atoms with E-state index in [0.717, 1.165) is 30.3 Å². The maximum absolute atomic E-state index is 4.44. The molecule has 2 aromatic heterocycles. The highest BCUT2D eigenvalue weighted by molar-refractivity contribution is 5.38. The lowest BCUT2D eigenvalue weighted by molar-refractivity contribution is 0.190. The van der Waals surface area contributed by atoms with Crippen LogP contribution in [0.3, 0.4) is 0 Å². The Kier molecular flexibility index (Phi) is 4.51. The lowest BCUT2D eigenvalue weighted by Gasteiger charge is -2.31. The normalized spacial score (nSPS) is 17.6. The van der Waals surface area contributed by atoms with Gasteiger partial charge in [0.25, 0.3) is 0 Å². The molecular weight excluding hydrogens is 262 g/mol. The van der Waals surface area contributed by atoms with Crippen molar-refractivity contribution in [3.05, 3.63) is 29.7 Å². The van der Waals surface area contributed by atoms with Gasteiger partial charge in [-0.3, -0.25) is 0 Å². The number of aryl methyl sites for hydroxylation is 1. The molecule has 5 heteroatoms. The molecule has 2 aromatic rings. The van der Waals surface area contributed by atoms with Crippen molar-refractivity contribution in [1.29, 1.82) is 0 Å². The van der Waals surface area contributed by atoms with E-state index in [1.807, 2.05) is 23.7 Å². The number of hydrogen-bond acceptors (Lipinski definition) is 4. The van der Waals surface area contributed by atoms with Crippen LogP contribution in [0.5, 0.6) is 0 Å². The smallest absolute Gasteiger partial charge is 0.155 e. The minimum Gasteiger partial charge on any atom is -0.312 e. The Morgan fingerprint density at radius 2 is 2.14 bits per heavy atom. The van der Waals surface area contributed by atoms with E-state index in [1.165, 1.54) is 38.0 Å². The predicted octanol–water partition coefficient (Wildman–Crippen LogP) is 1.86. The lowest BCUT2D eigenvalue weighted by Crippen LogP contribution is -2.36. The second kappa shape index (κ2) is 6.54. The van der Waals surface area contributed by atoms with Crippen LogP contribution in [0.15, 0.2) is 18.5 Å². The quantitative estimate of drug-likeness (QED) is 0.912. The molecule has 0 amide bonds. The third kappa shape index (κ3) is 3.60. The highest BCUT2D eigenvalue weighted by Crippen LogP contribution is 2.16. The summed E-state index contributed by atoms with van der Waals surface area (Å²) in [5.74, 6) is 0.816. The Morgan fingerprint density at radius 1 is 1.33 bits per heavy atom. The average Bonchev–Trinajstić information content (AvgIpc) is 2.87. The Morgan fingerprint density at radius 3 is 2.90 bits per heavy atom. The number of nitrogens with one attached hydrogen (secondary N) is 1. The summed E-state index contributed by atoms with van der Waals surface area (Å²) in [6.45, 7) is 9.92. The first-order valence-electron chi connectivity index (χ1n) is 7.98. The van der Waals surface area contributed by atoms with Gasteiger partial charge in [0.1, 0.15) is 0 Å². The fraction of sp³-hybridized carbons (Fsp3) is 0.625. The molecule has 1 fully saturated rings. The van der Waals surface area contributed by atoms with Gasteiger partial charge in [0.05, 0.1) is 5.69 Å². The number of hydrogen-bond donors (Lipinski definition) is 1. The van der Waals surface area contributed by atoms with E-state index in [9.17, 15) is 0 Å². The summed E-state index contributed by atoms with van der Waals surface area (Å²) < 4.78 is 1.87. The zero-order valence-electron chi connectivity index (χ0n) is 13.0. The van der Waals surface area contributed by atoms with Gasteiger partial charge in [-0.2, -0.15) is 5.10 Å². The number of aromatic nitrogens is 3. The first-order valence-corrected chi connectivity index (χ1v) is 7.98. The van der Waals surface area contributed by atoms with Crippen LogP contribution in [0, 0.1) is 12.8 Å². The Balaban J connectivity index is 1.48. The molecule has 0 bridgehead atoms. The second-order valence-corrected chi connectivity index (χ2v) is 6.06. The molecule has 21 heavy (non-hydrogen) atoms. The molecule has 1 saturated heterocycles. The van der Waals surface area contributed by atoms with E-state index in [2.05, 4.69) is 33.4 Å². The third-order valence-electron chi connectivity index (χ3n) is 4.41. The van der Waals surface area contributed by atoms with E-state index in [1.54, 1.807) is 0 Å². The van der Waals surface area contributed by atoms with Gasteiger partial charge in [-0.1, -0.05) is 6.92 Å². The molecule has 0 spiro atoms. The molecule has 114 valence electrons. The molecule has 0 radical (unpaired) electrons. The van der Waals surface area contributed by atoms with Crippen molar-refractivity contribution >= 4 is 5.65 Å². The van der Waals surface area contributed by atoms with Crippen molar-refractivity contribution in [3.63, 3.8) is 0 Å². The summed E-state index contributed by atoms with van der Waals surface area (Å²) >= 11 is 0. The maximum Gasteiger partial charge on any atom is 0.155 e. The summed E-state index contributed by atoms with van der Waals surface area (Å²) in [7, 11) is 0. The van der Waals surface area contributed by atoms with E-state index in [0.29, 0.717) is 0 Å². The molecule has 0 unspecified atom stereocenters. The molecule has 1 aliphatic heterocycles. The minimum absolute atomic E-state index is 0.816. The fourth-order valence-electron chi connectivity index (χ4n) is 3.05. The summed E-state index contributed by atoms with van der Waals surface area (Å²) in [6, 6.07) is 2.00. The number of likely N-dealkylation sites (tertiary alicyclic amines) is 1. The van der Waals surface area contributed by atoms with Crippen molar-refractivity contribution < 1.29 is 0 Å². The third-order valence-corrected chi connectivity index (χ3v) is 4.41. The van der Waals surface area contributed by atoms with Gasteiger partial charge < -0.3 is 10.2 Å². The summed E-state index contributed by atoms with van der Waals surface area (Å²) in [5, 5.41) is 7.99. The van der Waals surface area contributed by atoms with Crippen LogP contribution in [0.2, 0.25) is 0 Å². The van der Waals surface area contributed by atoms with E-state index in [4.69, 9.17) is 0 Å². The molecular formula is C16H25N5. The molecule has 0 aliphatic carbocycles. The average molecular weight is 287 g/mol. The molecule has 0 aromatic carbocycles. The SMILES string of the molecule is CCN1CCC(CNCc2cnc3cc(C)nn3c2)CC1. The molecule has 3 rings (SSSR count). The van der Waals surface area contributed by atoms with Gasteiger partial charge in [0.15, 0.2) is 5.65 Å². The van der Waals surface area contributed by atoms with Crippen molar-refractivity contribution in [2.75, 3.05) is 26.2 Å². The second-order valence-electron chi connectivity index (χ2n) is 6.06. The van der Waals surface area contributed by atoms with Crippen LogP contribution >= 0.6 is 0 Å². The highest BCUT2D eigenvalue weighted by atomic mass is 15.2. The van der Waals surface area contributed by atoms with Crippen molar-refractivity contribution in [2.45, 2.75) is 33.2 Å². The maximum atomic E-state index is 4.44. The van der Waals surface area contributed by atoms with Gasteiger partial charge in [0, 0.05) is 30.6 Å². The zero-order chi connectivity index (χ0) is 14.7. The lowest BCUT2D eigenvalue weighted by atomic mass is 9.97. The summed E-state index contributed by atoms with van der Waals surface area (Å²) in [6.07, 6.45) is 6.65. The van der Waals surface area contributed by atoms with E-state index < -0.39 is 0 Å². The molecule has 1 N–H and O–H groups in total. The van der Waals surface area contributed by atoms with Crippen molar-refractivity contribution in [1.82, 2.24) is 24.8 Å². The van der Waals surface area contributed by atoms with E-state index >= 15 is 0 Å².